The molecule has 2 unspecified atom stereocenters. The lowest BCUT2D eigenvalue weighted by Gasteiger charge is -2.30. The minimum absolute atomic E-state index is 0.0698. The summed E-state index contributed by atoms with van der Waals surface area (Å²) >= 11 is 0. The molecule has 0 bridgehead atoms. The standard InChI is InChI=1S/C12H24N2O/c1-2-3-6-9-14-11-8-5-4-7-10(11)12(13)15/h10-11,14H,2-9H2,1H3,(H2,13,15). The van der Waals surface area contributed by atoms with Gasteiger partial charge in [-0.2, -0.15) is 0 Å². The molecular formula is C12H24N2O. The smallest absolute Gasteiger partial charge is 0.222 e. The third kappa shape index (κ3) is 4.20. The van der Waals surface area contributed by atoms with E-state index in [1.807, 2.05) is 0 Å². The summed E-state index contributed by atoms with van der Waals surface area (Å²) < 4.78 is 0. The summed E-state index contributed by atoms with van der Waals surface area (Å²) in [5.74, 6) is -0.0527. The molecular weight excluding hydrogens is 188 g/mol. The fourth-order valence-electron chi connectivity index (χ4n) is 2.38. The van der Waals surface area contributed by atoms with Gasteiger partial charge >= 0.3 is 0 Å². The molecule has 1 fully saturated rings. The Morgan fingerprint density at radius 2 is 2.07 bits per heavy atom. The Labute approximate surface area is 92.8 Å². The maximum Gasteiger partial charge on any atom is 0.222 e. The highest BCUT2D eigenvalue weighted by Crippen LogP contribution is 2.24. The molecule has 1 aliphatic carbocycles. The third-order valence-corrected chi connectivity index (χ3v) is 3.32. The zero-order chi connectivity index (χ0) is 11.1. The maximum absolute atomic E-state index is 11.2. The summed E-state index contributed by atoms with van der Waals surface area (Å²) in [6.45, 7) is 3.23. The van der Waals surface area contributed by atoms with Gasteiger partial charge in [0.05, 0.1) is 5.92 Å². The normalized spacial score (nSPS) is 26.5. The average Bonchev–Trinajstić information content (AvgIpc) is 2.25. The summed E-state index contributed by atoms with van der Waals surface area (Å²) in [4.78, 5) is 11.2. The Kier molecular flexibility index (Phi) is 5.69. The number of unbranched alkanes of at least 4 members (excludes halogenated alkanes) is 2. The Balaban J connectivity index is 2.26. The monoisotopic (exact) mass is 212 g/mol. The molecule has 0 aromatic heterocycles. The van der Waals surface area contributed by atoms with E-state index in [0.29, 0.717) is 6.04 Å². The van der Waals surface area contributed by atoms with Crippen LogP contribution in [0.4, 0.5) is 0 Å². The SMILES string of the molecule is CCCCCNC1CCCCC1C(N)=O. The molecule has 3 heteroatoms. The number of amides is 1. The number of carbonyl (C=O) groups excluding carboxylic acids is 1. The fraction of sp³-hybridized carbons (Fsp3) is 0.917. The van der Waals surface area contributed by atoms with Gasteiger partial charge in [-0.15, -0.1) is 0 Å². The fourth-order valence-corrected chi connectivity index (χ4v) is 2.38. The molecule has 1 rings (SSSR count). The number of nitrogens with one attached hydrogen (secondary N) is 1. The minimum Gasteiger partial charge on any atom is -0.369 e. The number of nitrogens with two attached hydrogens (primary N) is 1. The van der Waals surface area contributed by atoms with Crippen molar-refractivity contribution in [1.29, 1.82) is 0 Å². The highest BCUT2D eigenvalue weighted by molar-refractivity contribution is 5.77. The second-order valence-corrected chi connectivity index (χ2v) is 4.56. The second kappa shape index (κ2) is 6.83. The molecule has 0 radical (unpaired) electrons. The Morgan fingerprint density at radius 3 is 2.73 bits per heavy atom. The molecule has 0 heterocycles. The number of primary amides is 1. The topological polar surface area (TPSA) is 55.1 Å². The van der Waals surface area contributed by atoms with Gasteiger partial charge in [0.2, 0.25) is 5.91 Å². The molecule has 2 atom stereocenters. The average molecular weight is 212 g/mol. The van der Waals surface area contributed by atoms with Crippen LogP contribution in [-0.4, -0.2) is 18.5 Å². The van der Waals surface area contributed by atoms with Crippen molar-refractivity contribution < 1.29 is 4.79 Å². The molecule has 3 N–H and O–H groups in total. The van der Waals surface area contributed by atoms with Crippen LogP contribution in [0.3, 0.4) is 0 Å². The summed E-state index contributed by atoms with van der Waals surface area (Å²) in [5.41, 5.74) is 5.41. The first-order chi connectivity index (χ1) is 7.25. The van der Waals surface area contributed by atoms with Crippen molar-refractivity contribution in [3.05, 3.63) is 0 Å². The lowest BCUT2D eigenvalue weighted by atomic mass is 9.84. The van der Waals surface area contributed by atoms with E-state index in [9.17, 15) is 4.79 Å². The van der Waals surface area contributed by atoms with E-state index in [4.69, 9.17) is 5.73 Å². The van der Waals surface area contributed by atoms with E-state index in [1.54, 1.807) is 0 Å². The van der Waals surface area contributed by atoms with Gasteiger partial charge in [-0.3, -0.25) is 4.79 Å². The van der Waals surface area contributed by atoms with Gasteiger partial charge in [0.25, 0.3) is 0 Å². The van der Waals surface area contributed by atoms with Crippen molar-refractivity contribution in [1.82, 2.24) is 5.32 Å². The van der Waals surface area contributed by atoms with Gasteiger partial charge in [0.1, 0.15) is 0 Å². The predicted molar refractivity (Wildman–Crippen MR) is 62.5 cm³/mol. The quantitative estimate of drug-likeness (QED) is 0.660. The van der Waals surface area contributed by atoms with Crippen LogP contribution in [0.2, 0.25) is 0 Å². The summed E-state index contributed by atoms with van der Waals surface area (Å²) in [6, 6.07) is 0.341. The van der Waals surface area contributed by atoms with Crippen molar-refractivity contribution in [2.24, 2.45) is 11.7 Å². The molecule has 1 aliphatic rings. The molecule has 0 aromatic carbocycles. The van der Waals surface area contributed by atoms with E-state index in [-0.39, 0.29) is 11.8 Å². The predicted octanol–water partition coefficient (Wildman–Crippen LogP) is 1.81. The Bertz CT molecular complexity index is 194. The van der Waals surface area contributed by atoms with Crippen LogP contribution in [0.15, 0.2) is 0 Å². The van der Waals surface area contributed by atoms with Crippen LogP contribution in [-0.2, 0) is 4.79 Å². The molecule has 0 saturated heterocycles. The zero-order valence-electron chi connectivity index (χ0n) is 9.80. The number of hydrogen-bond donors (Lipinski definition) is 2. The first-order valence-electron chi connectivity index (χ1n) is 6.28. The van der Waals surface area contributed by atoms with Gasteiger partial charge in [0.15, 0.2) is 0 Å². The molecule has 88 valence electrons. The van der Waals surface area contributed by atoms with E-state index >= 15 is 0 Å². The van der Waals surface area contributed by atoms with Crippen molar-refractivity contribution in [3.8, 4) is 0 Å². The molecule has 0 aliphatic heterocycles. The zero-order valence-corrected chi connectivity index (χ0v) is 9.80. The van der Waals surface area contributed by atoms with Crippen molar-refractivity contribution in [3.63, 3.8) is 0 Å². The molecule has 3 nitrogen and oxygen atoms in total. The first kappa shape index (κ1) is 12.5. The highest BCUT2D eigenvalue weighted by Gasteiger charge is 2.28. The minimum atomic E-state index is -0.123. The second-order valence-electron chi connectivity index (χ2n) is 4.56. The van der Waals surface area contributed by atoms with Crippen LogP contribution in [0.25, 0.3) is 0 Å². The number of hydrogen-bond acceptors (Lipinski definition) is 2. The van der Waals surface area contributed by atoms with Crippen LogP contribution in [0, 0.1) is 5.92 Å². The lowest BCUT2D eigenvalue weighted by molar-refractivity contribution is -0.123. The Hall–Kier alpha value is -0.570. The molecule has 0 spiro atoms. The van der Waals surface area contributed by atoms with E-state index in [2.05, 4.69) is 12.2 Å². The van der Waals surface area contributed by atoms with Gasteiger partial charge < -0.3 is 11.1 Å². The third-order valence-electron chi connectivity index (χ3n) is 3.32. The van der Waals surface area contributed by atoms with E-state index < -0.39 is 0 Å². The summed E-state index contributed by atoms with van der Waals surface area (Å²) in [5, 5.41) is 3.49. The Morgan fingerprint density at radius 1 is 1.33 bits per heavy atom. The van der Waals surface area contributed by atoms with Crippen LogP contribution in [0.5, 0.6) is 0 Å². The lowest BCUT2D eigenvalue weighted by Crippen LogP contribution is -2.45. The van der Waals surface area contributed by atoms with Crippen molar-refractivity contribution in [2.75, 3.05) is 6.54 Å². The van der Waals surface area contributed by atoms with E-state index in [1.165, 1.54) is 25.7 Å². The number of rotatable bonds is 6. The highest BCUT2D eigenvalue weighted by atomic mass is 16.1. The van der Waals surface area contributed by atoms with Gasteiger partial charge in [-0.25, -0.2) is 0 Å². The van der Waals surface area contributed by atoms with Gasteiger partial charge in [-0.1, -0.05) is 32.6 Å². The number of carbonyl (C=O) groups is 1. The first-order valence-corrected chi connectivity index (χ1v) is 6.28. The van der Waals surface area contributed by atoms with Gasteiger partial charge in [-0.05, 0) is 25.8 Å². The van der Waals surface area contributed by atoms with Crippen LogP contribution in [0.1, 0.15) is 51.9 Å². The maximum atomic E-state index is 11.2. The van der Waals surface area contributed by atoms with Crippen molar-refractivity contribution in [2.45, 2.75) is 57.9 Å². The molecule has 1 saturated carbocycles. The van der Waals surface area contributed by atoms with Crippen molar-refractivity contribution >= 4 is 5.91 Å². The molecule has 0 aromatic rings. The largest absolute Gasteiger partial charge is 0.369 e. The van der Waals surface area contributed by atoms with Crippen LogP contribution >= 0.6 is 0 Å². The van der Waals surface area contributed by atoms with Crippen LogP contribution < -0.4 is 11.1 Å². The molecule has 15 heavy (non-hydrogen) atoms. The van der Waals surface area contributed by atoms with Gasteiger partial charge in [0, 0.05) is 6.04 Å². The molecule has 1 amide bonds. The van der Waals surface area contributed by atoms with E-state index in [0.717, 1.165) is 25.8 Å². The summed E-state index contributed by atoms with van der Waals surface area (Å²) in [7, 11) is 0. The summed E-state index contributed by atoms with van der Waals surface area (Å²) in [6.07, 6.45) is 8.18.